The van der Waals surface area contributed by atoms with Gasteiger partial charge in [0, 0.05) is 5.56 Å². The number of rotatable bonds is 1. The van der Waals surface area contributed by atoms with Gasteiger partial charge in [-0.3, -0.25) is 0 Å². The molecule has 1 heterocycles. The second-order valence-corrected chi connectivity index (χ2v) is 5.11. The molecule has 2 aromatic rings. The summed E-state index contributed by atoms with van der Waals surface area (Å²) in [4.78, 5) is 4.14. The molecule has 1 nitrogen and oxygen atoms in total. The summed E-state index contributed by atoms with van der Waals surface area (Å²) in [6.45, 7) is 0. The summed E-state index contributed by atoms with van der Waals surface area (Å²) in [7, 11) is 2.97. The molecule has 0 fully saturated rings. The summed E-state index contributed by atoms with van der Waals surface area (Å²) in [5, 5.41) is 0.856. The smallest absolute Gasteiger partial charge is 0.191 e. The van der Waals surface area contributed by atoms with Crippen LogP contribution in [0.25, 0.3) is 10.6 Å². The number of halogens is 1. The molecule has 0 unspecified atom stereocenters. The Morgan fingerprint density at radius 2 is 1.85 bits per heavy atom. The van der Waals surface area contributed by atoms with Crippen molar-refractivity contribution < 1.29 is 4.39 Å². The van der Waals surface area contributed by atoms with Crippen LogP contribution in [0.2, 0.25) is 0 Å². The molecule has 1 aromatic carbocycles. The van der Waals surface area contributed by atoms with Gasteiger partial charge in [-0.05, 0) is 46.8 Å². The van der Waals surface area contributed by atoms with Crippen LogP contribution in [-0.4, -0.2) is 4.98 Å². The first kappa shape index (κ1) is 8.93. The monoisotopic (exact) mass is 229 g/mol. The predicted octanol–water partition coefficient (Wildman–Crippen LogP) is 3.74. The molecule has 1 aromatic heterocycles. The van der Waals surface area contributed by atoms with Gasteiger partial charge in [0.25, 0.3) is 0 Å². The lowest BCUT2D eigenvalue weighted by Gasteiger charge is -1.93. The number of aromatic nitrogens is 1. The van der Waals surface area contributed by atoms with E-state index in [2.05, 4.69) is 4.98 Å². The van der Waals surface area contributed by atoms with Gasteiger partial charge in [-0.15, -0.1) is 0 Å². The van der Waals surface area contributed by atoms with Crippen LogP contribution < -0.4 is 0 Å². The van der Waals surface area contributed by atoms with Crippen molar-refractivity contribution in [2.24, 2.45) is 0 Å². The fourth-order valence-corrected chi connectivity index (χ4v) is 3.02. The van der Waals surface area contributed by atoms with Gasteiger partial charge in [0.2, 0.25) is 0 Å². The largest absolute Gasteiger partial charge is 0.214 e. The molecule has 0 bridgehead atoms. The van der Waals surface area contributed by atoms with E-state index in [0.717, 1.165) is 10.6 Å². The molecule has 0 saturated heterocycles. The van der Waals surface area contributed by atoms with Crippen molar-refractivity contribution in [2.45, 2.75) is 0 Å². The Morgan fingerprint density at radius 1 is 1.15 bits per heavy atom. The van der Waals surface area contributed by atoms with Crippen LogP contribution in [0.4, 0.5) is 4.39 Å². The Morgan fingerprint density at radius 3 is 2.38 bits per heavy atom. The number of hydrogen-bond acceptors (Lipinski definition) is 4. The second kappa shape index (κ2) is 3.61. The molecule has 0 saturated carbocycles. The van der Waals surface area contributed by atoms with Gasteiger partial charge < -0.3 is 0 Å². The van der Waals surface area contributed by atoms with Crippen molar-refractivity contribution in [3.05, 3.63) is 34.0 Å². The third-order valence-electron chi connectivity index (χ3n) is 1.48. The first-order chi connectivity index (χ1) is 6.25. The van der Waals surface area contributed by atoms with Crippen LogP contribution in [0.5, 0.6) is 0 Å². The summed E-state index contributed by atoms with van der Waals surface area (Å²) in [5.74, 6) is -0.234. The van der Waals surface area contributed by atoms with E-state index in [0.29, 0.717) is 3.95 Å². The molecule has 0 aliphatic heterocycles. The zero-order valence-corrected chi connectivity index (χ0v) is 8.81. The Balaban J connectivity index is 2.47. The van der Waals surface area contributed by atoms with Crippen molar-refractivity contribution in [1.29, 1.82) is 0 Å². The highest BCUT2D eigenvalue weighted by Crippen LogP contribution is 2.25. The average Bonchev–Trinajstić information content (AvgIpc) is 2.53. The molecule has 66 valence electrons. The summed E-state index contributed by atoms with van der Waals surface area (Å²) >= 11 is 4.90. The van der Waals surface area contributed by atoms with Crippen LogP contribution in [0.1, 0.15) is 0 Å². The van der Waals surface area contributed by atoms with Gasteiger partial charge in [0.05, 0.1) is 0 Å². The van der Waals surface area contributed by atoms with E-state index in [-0.39, 0.29) is 5.82 Å². The van der Waals surface area contributed by atoms with E-state index in [1.807, 2.05) is 0 Å². The number of hydrogen-bond donors (Lipinski definition) is 0. The van der Waals surface area contributed by atoms with Crippen LogP contribution in [0.3, 0.4) is 0 Å². The zero-order valence-electron chi connectivity index (χ0n) is 6.36. The Kier molecular flexibility index (Phi) is 2.48. The van der Waals surface area contributed by atoms with Crippen LogP contribution >= 0.6 is 32.9 Å². The van der Waals surface area contributed by atoms with Gasteiger partial charge in [-0.1, -0.05) is 10.3 Å². The summed E-state index contributed by atoms with van der Waals surface area (Å²) in [5.41, 5.74) is 0.916. The van der Waals surface area contributed by atoms with E-state index in [9.17, 15) is 4.39 Å². The van der Waals surface area contributed by atoms with Crippen LogP contribution in [-0.2, 0) is 0 Å². The van der Waals surface area contributed by atoms with Gasteiger partial charge in [-0.2, -0.15) is 0 Å². The van der Waals surface area contributed by atoms with Crippen molar-refractivity contribution in [1.82, 2.24) is 4.98 Å². The van der Waals surface area contributed by atoms with Gasteiger partial charge in [-0.25, -0.2) is 9.37 Å². The van der Waals surface area contributed by atoms with Crippen LogP contribution in [0, 0.1) is 9.77 Å². The minimum atomic E-state index is -0.234. The Labute approximate surface area is 86.9 Å². The van der Waals surface area contributed by atoms with Gasteiger partial charge in [0.1, 0.15) is 10.8 Å². The Hall–Kier alpha value is -0.650. The average molecular weight is 229 g/mol. The third kappa shape index (κ3) is 1.99. The molecule has 0 atom stereocenters. The first-order valence-corrected chi connectivity index (χ1v) is 6.04. The standard InChI is InChI=1S/C8H4FNS3/c9-6-3-1-5(2-4-6)7-10-8(11)13-12-7/h1-4H. The SMILES string of the molecule is Fc1ccc(-c2nc(=S)ss2)cc1. The molecule has 0 radical (unpaired) electrons. The second-order valence-electron chi connectivity index (χ2n) is 2.36. The molecule has 0 amide bonds. The molecule has 0 aliphatic carbocycles. The van der Waals surface area contributed by atoms with E-state index in [1.54, 1.807) is 12.1 Å². The van der Waals surface area contributed by atoms with E-state index in [4.69, 9.17) is 12.2 Å². The summed E-state index contributed by atoms with van der Waals surface area (Å²) in [6.07, 6.45) is 0. The topological polar surface area (TPSA) is 12.9 Å². The van der Waals surface area contributed by atoms with Crippen molar-refractivity contribution in [2.75, 3.05) is 0 Å². The highest BCUT2D eigenvalue weighted by molar-refractivity contribution is 7.79. The fourth-order valence-electron chi connectivity index (χ4n) is 0.900. The third-order valence-corrected chi connectivity index (χ3v) is 4.13. The Bertz CT molecular complexity index is 457. The van der Waals surface area contributed by atoms with Crippen molar-refractivity contribution in [3.63, 3.8) is 0 Å². The van der Waals surface area contributed by atoms with E-state index < -0.39 is 0 Å². The molecular formula is C8H4FNS3. The molecule has 2 rings (SSSR count). The summed E-state index contributed by atoms with van der Waals surface area (Å²) < 4.78 is 13.2. The lowest BCUT2D eigenvalue weighted by Crippen LogP contribution is -1.76. The molecule has 0 N–H and O–H groups in total. The maximum atomic E-state index is 12.6. The minimum Gasteiger partial charge on any atom is -0.214 e. The number of benzene rings is 1. The molecule has 0 spiro atoms. The highest BCUT2D eigenvalue weighted by Gasteiger charge is 2.01. The van der Waals surface area contributed by atoms with E-state index in [1.165, 1.54) is 32.8 Å². The lowest BCUT2D eigenvalue weighted by molar-refractivity contribution is 0.628. The van der Waals surface area contributed by atoms with Gasteiger partial charge >= 0.3 is 0 Å². The molecular weight excluding hydrogens is 225 g/mol. The quantitative estimate of drug-likeness (QED) is 0.546. The number of nitrogens with zero attached hydrogens (tertiary/aromatic N) is 1. The lowest BCUT2D eigenvalue weighted by atomic mass is 10.2. The zero-order chi connectivity index (χ0) is 9.26. The normalized spacial score (nSPS) is 10.2. The first-order valence-electron chi connectivity index (χ1n) is 3.49. The van der Waals surface area contributed by atoms with Gasteiger partial charge in [0.15, 0.2) is 3.95 Å². The molecule has 0 aliphatic rings. The minimum absolute atomic E-state index is 0.234. The maximum absolute atomic E-state index is 12.6. The molecule has 5 heteroatoms. The van der Waals surface area contributed by atoms with Crippen molar-refractivity contribution in [3.8, 4) is 10.6 Å². The van der Waals surface area contributed by atoms with Crippen molar-refractivity contribution >= 4 is 32.9 Å². The highest BCUT2D eigenvalue weighted by atomic mass is 32.9. The molecule has 13 heavy (non-hydrogen) atoms. The van der Waals surface area contributed by atoms with Crippen LogP contribution in [0.15, 0.2) is 24.3 Å². The predicted molar refractivity (Wildman–Crippen MR) is 56.2 cm³/mol. The van der Waals surface area contributed by atoms with E-state index >= 15 is 0 Å². The summed E-state index contributed by atoms with van der Waals surface area (Å²) in [6, 6.07) is 6.25. The fraction of sp³-hybridized carbons (Fsp3) is 0. The maximum Gasteiger partial charge on any atom is 0.191 e.